The first-order chi connectivity index (χ1) is 8.90. The van der Waals surface area contributed by atoms with Crippen molar-refractivity contribution in [3.63, 3.8) is 0 Å². The molecule has 2 rings (SSSR count). The molecule has 0 bridgehead atoms. The van der Waals surface area contributed by atoms with E-state index in [9.17, 15) is 5.11 Å². The fourth-order valence-electron chi connectivity index (χ4n) is 2.07. The Balaban J connectivity index is 2.40. The molecule has 0 saturated carbocycles. The van der Waals surface area contributed by atoms with Crippen LogP contribution in [0, 0.1) is 0 Å². The number of halogens is 1. The van der Waals surface area contributed by atoms with E-state index in [1.54, 1.807) is 0 Å². The summed E-state index contributed by atoms with van der Waals surface area (Å²) in [5.74, 6) is 0. The molecule has 0 unspecified atom stereocenters. The van der Waals surface area contributed by atoms with Gasteiger partial charge in [-0.1, -0.05) is 61.0 Å². The van der Waals surface area contributed by atoms with Crippen molar-refractivity contribution < 1.29 is 5.11 Å². The van der Waals surface area contributed by atoms with Crippen molar-refractivity contribution in [1.82, 2.24) is 0 Å². The lowest BCUT2D eigenvalue weighted by Crippen LogP contribution is -2.10. The van der Waals surface area contributed by atoms with Gasteiger partial charge < -0.3 is 5.11 Å². The van der Waals surface area contributed by atoms with Crippen LogP contribution in [0.15, 0.2) is 46.9 Å². The molecule has 0 fully saturated rings. The molecule has 2 aromatic rings. The molecule has 0 spiro atoms. The number of benzene rings is 2. The van der Waals surface area contributed by atoms with Gasteiger partial charge in [0, 0.05) is 4.47 Å². The highest BCUT2D eigenvalue weighted by Gasteiger charge is 2.13. The largest absolute Gasteiger partial charge is 0.392 e. The van der Waals surface area contributed by atoms with Crippen LogP contribution in [0.5, 0.6) is 0 Å². The lowest BCUT2D eigenvalue weighted by Gasteiger charge is -2.19. The maximum Gasteiger partial charge on any atom is 0.0682 e. The molecule has 0 heterocycles. The van der Waals surface area contributed by atoms with E-state index in [-0.39, 0.29) is 12.0 Å². The summed E-state index contributed by atoms with van der Waals surface area (Å²) in [6.07, 6.45) is 0. The maximum atomic E-state index is 9.26. The Morgan fingerprint density at radius 1 is 0.947 bits per heavy atom. The van der Waals surface area contributed by atoms with Crippen molar-refractivity contribution in [2.24, 2.45) is 0 Å². The van der Waals surface area contributed by atoms with E-state index in [2.05, 4.69) is 67.0 Å². The topological polar surface area (TPSA) is 20.2 Å². The van der Waals surface area contributed by atoms with Crippen LogP contribution in [0.3, 0.4) is 0 Å². The van der Waals surface area contributed by atoms with Crippen molar-refractivity contribution in [3.05, 3.63) is 58.1 Å². The zero-order valence-corrected chi connectivity index (χ0v) is 13.2. The lowest BCUT2D eigenvalue weighted by atomic mass is 9.86. The molecule has 0 atom stereocenters. The van der Waals surface area contributed by atoms with Gasteiger partial charge in [0.2, 0.25) is 0 Å². The van der Waals surface area contributed by atoms with Crippen molar-refractivity contribution in [3.8, 4) is 11.1 Å². The van der Waals surface area contributed by atoms with Gasteiger partial charge in [-0.2, -0.15) is 0 Å². The van der Waals surface area contributed by atoms with E-state index < -0.39 is 0 Å². The number of hydrogen-bond donors (Lipinski definition) is 1. The van der Waals surface area contributed by atoms with Gasteiger partial charge in [-0.25, -0.2) is 0 Å². The summed E-state index contributed by atoms with van der Waals surface area (Å²) in [4.78, 5) is 0. The highest BCUT2D eigenvalue weighted by molar-refractivity contribution is 9.10. The molecule has 2 heteroatoms. The van der Waals surface area contributed by atoms with Gasteiger partial charge in [0.25, 0.3) is 0 Å². The van der Waals surface area contributed by atoms with Crippen molar-refractivity contribution >= 4 is 15.9 Å². The molecule has 1 N–H and O–H groups in total. The molecule has 0 amide bonds. The van der Waals surface area contributed by atoms with Gasteiger partial charge in [-0.15, -0.1) is 0 Å². The molecule has 0 saturated heterocycles. The van der Waals surface area contributed by atoms with E-state index in [4.69, 9.17) is 0 Å². The molecule has 0 aliphatic heterocycles. The first kappa shape index (κ1) is 14.3. The van der Waals surface area contributed by atoms with Gasteiger partial charge in [-0.3, -0.25) is 0 Å². The molecule has 2 aromatic carbocycles. The third kappa shape index (κ3) is 3.46. The third-order valence-electron chi connectivity index (χ3n) is 3.22. The Hall–Kier alpha value is -1.12. The minimum atomic E-state index is 0.0620. The number of hydrogen-bond acceptors (Lipinski definition) is 1. The highest BCUT2D eigenvalue weighted by atomic mass is 79.9. The summed E-state index contributed by atoms with van der Waals surface area (Å²) in [5, 5.41) is 9.26. The highest BCUT2D eigenvalue weighted by Crippen LogP contribution is 2.28. The summed E-state index contributed by atoms with van der Waals surface area (Å²) in [6.45, 7) is 6.70. The van der Waals surface area contributed by atoms with Crippen molar-refractivity contribution in [1.29, 1.82) is 0 Å². The van der Waals surface area contributed by atoms with E-state index in [1.807, 2.05) is 12.1 Å². The predicted octanol–water partition coefficient (Wildman–Crippen LogP) is 4.91. The lowest BCUT2D eigenvalue weighted by molar-refractivity contribution is 0.282. The summed E-state index contributed by atoms with van der Waals surface area (Å²) < 4.78 is 0.994. The number of aliphatic hydroxyl groups excluding tert-OH is 1. The van der Waals surface area contributed by atoms with Crippen LogP contribution in [0.25, 0.3) is 11.1 Å². The standard InChI is InChI=1S/C17H19BrO/c1-17(2,3)15-6-4-13(5-7-15)14-8-12(11-19)9-16(18)10-14/h4-10,19H,11H2,1-3H3. The third-order valence-corrected chi connectivity index (χ3v) is 3.68. The van der Waals surface area contributed by atoms with Crippen molar-refractivity contribution in [2.45, 2.75) is 32.8 Å². The fraction of sp³-hybridized carbons (Fsp3) is 0.294. The number of rotatable bonds is 2. The van der Waals surface area contributed by atoms with Crippen LogP contribution in [0.4, 0.5) is 0 Å². The molecule has 0 radical (unpaired) electrons. The summed E-state index contributed by atoms with van der Waals surface area (Å²) in [7, 11) is 0. The van der Waals surface area contributed by atoms with E-state index in [1.165, 1.54) is 11.1 Å². The van der Waals surface area contributed by atoms with Crippen LogP contribution in [0.1, 0.15) is 31.9 Å². The van der Waals surface area contributed by atoms with Crippen LogP contribution in [-0.4, -0.2) is 5.11 Å². The molecule has 1 nitrogen and oxygen atoms in total. The first-order valence-corrected chi connectivity index (χ1v) is 7.21. The van der Waals surface area contributed by atoms with E-state index >= 15 is 0 Å². The molecule has 0 aliphatic carbocycles. The van der Waals surface area contributed by atoms with Gasteiger partial charge in [0.1, 0.15) is 0 Å². The smallest absolute Gasteiger partial charge is 0.0682 e. The van der Waals surface area contributed by atoms with Gasteiger partial charge in [-0.05, 0) is 45.9 Å². The van der Waals surface area contributed by atoms with Gasteiger partial charge >= 0.3 is 0 Å². The molecular weight excluding hydrogens is 300 g/mol. The average Bonchev–Trinajstić information content (AvgIpc) is 2.37. The second-order valence-corrected chi connectivity index (χ2v) is 6.75. The second-order valence-electron chi connectivity index (χ2n) is 5.83. The normalized spacial score (nSPS) is 11.6. The SMILES string of the molecule is CC(C)(C)c1ccc(-c2cc(Br)cc(CO)c2)cc1. The minimum Gasteiger partial charge on any atom is -0.392 e. The Bertz CT molecular complexity index is 565. The van der Waals surface area contributed by atoms with Gasteiger partial charge in [0.15, 0.2) is 0 Å². The summed E-state index contributed by atoms with van der Waals surface area (Å²) >= 11 is 3.49. The molecule has 0 aromatic heterocycles. The van der Waals surface area contributed by atoms with Crippen molar-refractivity contribution in [2.75, 3.05) is 0 Å². The second kappa shape index (κ2) is 5.48. The molecule has 0 aliphatic rings. The summed E-state index contributed by atoms with van der Waals surface area (Å²) in [6, 6.07) is 14.7. The predicted molar refractivity (Wildman–Crippen MR) is 84.2 cm³/mol. The molecule has 100 valence electrons. The monoisotopic (exact) mass is 318 g/mol. The zero-order chi connectivity index (χ0) is 14.0. The maximum absolute atomic E-state index is 9.26. The van der Waals surface area contributed by atoms with Gasteiger partial charge in [0.05, 0.1) is 6.61 Å². The quantitative estimate of drug-likeness (QED) is 0.834. The summed E-state index contributed by atoms with van der Waals surface area (Å²) in [5.41, 5.74) is 4.72. The first-order valence-electron chi connectivity index (χ1n) is 6.41. The van der Waals surface area contributed by atoms with Crippen LogP contribution < -0.4 is 0 Å². The molecular formula is C17H19BrO. The van der Waals surface area contributed by atoms with Crippen LogP contribution in [0.2, 0.25) is 0 Å². The molecule has 19 heavy (non-hydrogen) atoms. The fourth-order valence-corrected chi connectivity index (χ4v) is 2.61. The Morgan fingerprint density at radius 3 is 2.11 bits per heavy atom. The minimum absolute atomic E-state index is 0.0620. The Morgan fingerprint density at radius 2 is 1.58 bits per heavy atom. The average molecular weight is 319 g/mol. The van der Waals surface area contributed by atoms with E-state index in [0.717, 1.165) is 15.6 Å². The van der Waals surface area contributed by atoms with Crippen LogP contribution >= 0.6 is 15.9 Å². The number of aliphatic hydroxyl groups is 1. The zero-order valence-electron chi connectivity index (χ0n) is 11.6. The Kier molecular flexibility index (Phi) is 4.12. The van der Waals surface area contributed by atoms with Crippen LogP contribution in [-0.2, 0) is 12.0 Å². The van der Waals surface area contributed by atoms with E-state index in [0.29, 0.717) is 0 Å². The Labute approximate surface area is 123 Å².